The van der Waals surface area contributed by atoms with E-state index >= 15 is 0 Å². The molecule has 15 heavy (non-hydrogen) atoms. The SMILES string of the molecule is COc1cc(-n2ccc(C)n2)c(C)cn1. The third-order valence-corrected chi connectivity index (χ3v) is 2.23. The molecule has 2 aromatic rings. The largest absolute Gasteiger partial charge is 0.481 e. The number of nitrogens with zero attached hydrogens (tertiary/aromatic N) is 3. The second-order valence-electron chi connectivity index (χ2n) is 3.41. The summed E-state index contributed by atoms with van der Waals surface area (Å²) in [4.78, 5) is 4.13. The van der Waals surface area contributed by atoms with Gasteiger partial charge in [0.05, 0.1) is 18.5 Å². The highest BCUT2D eigenvalue weighted by Crippen LogP contribution is 2.17. The molecule has 78 valence electrons. The van der Waals surface area contributed by atoms with Crippen LogP contribution in [0.2, 0.25) is 0 Å². The summed E-state index contributed by atoms with van der Waals surface area (Å²) in [7, 11) is 1.61. The van der Waals surface area contributed by atoms with E-state index in [0.717, 1.165) is 16.9 Å². The molecule has 0 aliphatic heterocycles. The Bertz CT molecular complexity index is 476. The standard InChI is InChI=1S/C11H13N3O/c1-8-7-12-11(15-3)6-10(8)14-5-4-9(2)13-14/h4-7H,1-3H3. The second-order valence-corrected chi connectivity index (χ2v) is 3.41. The molecular formula is C11H13N3O. The first-order chi connectivity index (χ1) is 7.20. The highest BCUT2D eigenvalue weighted by molar-refractivity contribution is 5.41. The fraction of sp³-hybridized carbons (Fsp3) is 0.273. The van der Waals surface area contributed by atoms with Gasteiger partial charge >= 0.3 is 0 Å². The fourth-order valence-electron chi connectivity index (χ4n) is 1.40. The molecule has 0 atom stereocenters. The Hall–Kier alpha value is -1.84. The smallest absolute Gasteiger partial charge is 0.215 e. The van der Waals surface area contributed by atoms with Gasteiger partial charge in [-0.2, -0.15) is 5.10 Å². The molecule has 0 amide bonds. The van der Waals surface area contributed by atoms with Gasteiger partial charge < -0.3 is 4.74 Å². The highest BCUT2D eigenvalue weighted by atomic mass is 16.5. The molecule has 0 fully saturated rings. The van der Waals surface area contributed by atoms with E-state index in [1.807, 2.05) is 36.9 Å². The van der Waals surface area contributed by atoms with E-state index in [0.29, 0.717) is 5.88 Å². The molecule has 0 saturated heterocycles. The monoisotopic (exact) mass is 203 g/mol. The number of methoxy groups -OCH3 is 1. The molecule has 0 N–H and O–H groups in total. The van der Waals surface area contributed by atoms with E-state index in [-0.39, 0.29) is 0 Å². The van der Waals surface area contributed by atoms with Crippen molar-refractivity contribution in [3.63, 3.8) is 0 Å². The molecule has 0 spiro atoms. The zero-order chi connectivity index (χ0) is 10.8. The third-order valence-electron chi connectivity index (χ3n) is 2.23. The fourth-order valence-corrected chi connectivity index (χ4v) is 1.40. The average Bonchev–Trinajstić information content (AvgIpc) is 2.65. The minimum absolute atomic E-state index is 0.601. The summed E-state index contributed by atoms with van der Waals surface area (Å²) in [6.45, 7) is 3.96. The maximum atomic E-state index is 5.09. The first kappa shape index (κ1) is 9.71. The Balaban J connectivity index is 2.51. The van der Waals surface area contributed by atoms with E-state index in [2.05, 4.69) is 10.1 Å². The third kappa shape index (κ3) is 1.83. The van der Waals surface area contributed by atoms with Gasteiger partial charge in [0.2, 0.25) is 5.88 Å². The van der Waals surface area contributed by atoms with E-state index in [9.17, 15) is 0 Å². The lowest BCUT2D eigenvalue weighted by molar-refractivity contribution is 0.397. The van der Waals surface area contributed by atoms with Crippen LogP contribution in [0.15, 0.2) is 24.5 Å². The minimum atomic E-state index is 0.601. The molecule has 4 nitrogen and oxygen atoms in total. The maximum Gasteiger partial charge on any atom is 0.215 e. The van der Waals surface area contributed by atoms with Crippen molar-refractivity contribution >= 4 is 0 Å². The lowest BCUT2D eigenvalue weighted by atomic mass is 10.2. The van der Waals surface area contributed by atoms with Gasteiger partial charge in [0.1, 0.15) is 0 Å². The molecule has 0 aliphatic rings. The first-order valence-electron chi connectivity index (χ1n) is 4.74. The van der Waals surface area contributed by atoms with E-state index in [1.165, 1.54) is 0 Å². The summed E-state index contributed by atoms with van der Waals surface area (Å²) < 4.78 is 6.91. The quantitative estimate of drug-likeness (QED) is 0.748. The van der Waals surface area contributed by atoms with Crippen molar-refractivity contribution in [3.8, 4) is 11.6 Å². The lowest BCUT2D eigenvalue weighted by Gasteiger charge is -2.07. The Kier molecular flexibility index (Phi) is 2.41. The van der Waals surface area contributed by atoms with Gasteiger partial charge in [0.15, 0.2) is 0 Å². The van der Waals surface area contributed by atoms with Crippen LogP contribution in [-0.2, 0) is 0 Å². The van der Waals surface area contributed by atoms with Crippen LogP contribution in [0.4, 0.5) is 0 Å². The number of pyridine rings is 1. The molecule has 0 aliphatic carbocycles. The number of hydrogen-bond donors (Lipinski definition) is 0. The van der Waals surface area contributed by atoms with E-state index in [1.54, 1.807) is 13.3 Å². The highest BCUT2D eigenvalue weighted by Gasteiger charge is 2.04. The zero-order valence-corrected chi connectivity index (χ0v) is 9.06. The molecular weight excluding hydrogens is 190 g/mol. The Morgan fingerprint density at radius 3 is 2.73 bits per heavy atom. The Morgan fingerprint density at radius 1 is 1.33 bits per heavy atom. The van der Waals surface area contributed by atoms with Crippen LogP contribution in [-0.4, -0.2) is 21.9 Å². The number of ether oxygens (including phenoxy) is 1. The topological polar surface area (TPSA) is 39.9 Å². The Morgan fingerprint density at radius 2 is 2.13 bits per heavy atom. The molecule has 0 unspecified atom stereocenters. The number of aryl methyl sites for hydroxylation is 2. The van der Waals surface area contributed by atoms with Crippen LogP contribution < -0.4 is 4.74 Å². The van der Waals surface area contributed by atoms with Gasteiger partial charge in [0, 0.05) is 18.5 Å². The van der Waals surface area contributed by atoms with Crippen molar-refractivity contribution in [2.75, 3.05) is 7.11 Å². The van der Waals surface area contributed by atoms with E-state index < -0.39 is 0 Å². The molecule has 0 bridgehead atoms. The summed E-state index contributed by atoms with van der Waals surface area (Å²) in [5.74, 6) is 0.601. The van der Waals surface area contributed by atoms with Crippen molar-refractivity contribution in [1.82, 2.24) is 14.8 Å². The van der Waals surface area contributed by atoms with Gasteiger partial charge in [-0.1, -0.05) is 0 Å². The van der Waals surface area contributed by atoms with Crippen molar-refractivity contribution < 1.29 is 4.74 Å². The van der Waals surface area contributed by atoms with Gasteiger partial charge in [0.25, 0.3) is 0 Å². The number of rotatable bonds is 2. The predicted molar refractivity (Wildman–Crippen MR) is 57.4 cm³/mol. The van der Waals surface area contributed by atoms with Crippen molar-refractivity contribution in [2.45, 2.75) is 13.8 Å². The van der Waals surface area contributed by atoms with Crippen LogP contribution >= 0.6 is 0 Å². The van der Waals surface area contributed by atoms with Crippen LogP contribution in [0.1, 0.15) is 11.3 Å². The number of hydrogen-bond acceptors (Lipinski definition) is 3. The summed E-state index contributed by atoms with van der Waals surface area (Å²) in [5.41, 5.74) is 3.05. The maximum absolute atomic E-state index is 5.09. The first-order valence-corrected chi connectivity index (χ1v) is 4.74. The average molecular weight is 203 g/mol. The molecule has 2 heterocycles. The molecule has 2 rings (SSSR count). The molecule has 0 saturated carbocycles. The predicted octanol–water partition coefficient (Wildman–Crippen LogP) is 1.89. The van der Waals surface area contributed by atoms with Crippen molar-refractivity contribution in [3.05, 3.63) is 35.8 Å². The van der Waals surface area contributed by atoms with Crippen LogP contribution in [0.25, 0.3) is 5.69 Å². The molecule has 0 aromatic carbocycles. The van der Waals surface area contributed by atoms with Crippen LogP contribution in [0.3, 0.4) is 0 Å². The van der Waals surface area contributed by atoms with Gasteiger partial charge in [-0.25, -0.2) is 9.67 Å². The summed E-state index contributed by atoms with van der Waals surface area (Å²) in [6, 6.07) is 3.84. The second kappa shape index (κ2) is 3.73. The number of aromatic nitrogens is 3. The summed E-state index contributed by atoms with van der Waals surface area (Å²) in [6.07, 6.45) is 3.71. The summed E-state index contributed by atoms with van der Waals surface area (Å²) in [5, 5.41) is 4.35. The Labute approximate surface area is 88.5 Å². The molecule has 2 aromatic heterocycles. The van der Waals surface area contributed by atoms with Crippen molar-refractivity contribution in [2.24, 2.45) is 0 Å². The lowest BCUT2D eigenvalue weighted by Crippen LogP contribution is -2.00. The van der Waals surface area contributed by atoms with Gasteiger partial charge in [-0.3, -0.25) is 0 Å². The molecule has 4 heteroatoms. The van der Waals surface area contributed by atoms with E-state index in [4.69, 9.17) is 4.74 Å². The summed E-state index contributed by atoms with van der Waals surface area (Å²) >= 11 is 0. The van der Waals surface area contributed by atoms with Gasteiger partial charge in [-0.15, -0.1) is 0 Å². The van der Waals surface area contributed by atoms with Crippen LogP contribution in [0.5, 0.6) is 5.88 Å². The van der Waals surface area contributed by atoms with Crippen molar-refractivity contribution in [1.29, 1.82) is 0 Å². The zero-order valence-electron chi connectivity index (χ0n) is 9.06. The normalized spacial score (nSPS) is 10.3. The van der Waals surface area contributed by atoms with Gasteiger partial charge in [-0.05, 0) is 25.5 Å². The molecule has 0 radical (unpaired) electrons. The minimum Gasteiger partial charge on any atom is -0.481 e. The van der Waals surface area contributed by atoms with Crippen LogP contribution in [0, 0.1) is 13.8 Å².